The molecule has 7 nitrogen and oxygen atoms in total. The number of fused-ring (bicyclic) bond motifs is 1. The highest BCUT2D eigenvalue weighted by Crippen LogP contribution is 2.19. The number of benzene rings is 1. The molecule has 1 amide bonds. The van der Waals surface area contributed by atoms with Crippen molar-refractivity contribution < 1.29 is 4.79 Å². The Bertz CT molecular complexity index is 1050. The summed E-state index contributed by atoms with van der Waals surface area (Å²) in [4.78, 5) is 27.8. The summed E-state index contributed by atoms with van der Waals surface area (Å²) in [5, 5.41) is 4.71. The molecule has 0 saturated heterocycles. The Morgan fingerprint density at radius 2 is 2.09 bits per heavy atom. The molecule has 0 fully saturated rings. The molecular formula is C14H12ClN5O2S. The lowest BCUT2D eigenvalue weighted by molar-refractivity contribution is 0.0997. The van der Waals surface area contributed by atoms with Crippen LogP contribution in [-0.2, 0) is 7.05 Å². The molecule has 3 aromatic rings. The zero-order chi connectivity index (χ0) is 16.7. The van der Waals surface area contributed by atoms with Crippen LogP contribution in [-0.4, -0.2) is 25.3 Å². The van der Waals surface area contributed by atoms with Gasteiger partial charge in [-0.25, -0.2) is 0 Å². The monoisotopic (exact) mass is 349 g/mol. The fraction of sp³-hybridized carbons (Fsp3) is 0.143. The van der Waals surface area contributed by atoms with Gasteiger partial charge in [-0.1, -0.05) is 23.7 Å². The van der Waals surface area contributed by atoms with Crippen LogP contribution < -0.4 is 11.0 Å². The third-order valence-electron chi connectivity index (χ3n) is 3.38. The summed E-state index contributed by atoms with van der Waals surface area (Å²) < 4.78 is 2.42. The Hall–Kier alpha value is -2.45. The molecule has 2 N–H and O–H groups in total. The van der Waals surface area contributed by atoms with Crippen LogP contribution in [0.2, 0.25) is 5.02 Å². The second kappa shape index (κ2) is 5.64. The van der Waals surface area contributed by atoms with Gasteiger partial charge in [0.15, 0.2) is 4.77 Å². The van der Waals surface area contributed by atoms with Gasteiger partial charge in [-0.3, -0.25) is 19.7 Å². The molecule has 0 aliphatic carbocycles. The molecule has 0 aliphatic rings. The van der Waals surface area contributed by atoms with Crippen LogP contribution in [0.4, 0.5) is 0 Å². The van der Waals surface area contributed by atoms with Crippen molar-refractivity contribution in [1.29, 1.82) is 0 Å². The predicted molar refractivity (Wildman–Crippen MR) is 90.0 cm³/mol. The molecule has 23 heavy (non-hydrogen) atoms. The maximum atomic E-state index is 12.5. The number of amides is 1. The van der Waals surface area contributed by atoms with Gasteiger partial charge in [-0.15, -0.1) is 0 Å². The van der Waals surface area contributed by atoms with E-state index in [-0.39, 0.29) is 15.5 Å². The number of para-hydroxylation sites is 1. The smallest absolute Gasteiger partial charge is 0.290 e. The van der Waals surface area contributed by atoms with Crippen molar-refractivity contribution >= 4 is 40.6 Å². The van der Waals surface area contributed by atoms with E-state index >= 15 is 0 Å². The summed E-state index contributed by atoms with van der Waals surface area (Å²) >= 11 is 11.2. The zero-order valence-electron chi connectivity index (χ0n) is 12.3. The lowest BCUT2D eigenvalue weighted by atomic mass is 10.2. The average molecular weight is 350 g/mol. The minimum atomic E-state index is -0.574. The molecule has 0 saturated carbocycles. The molecule has 0 unspecified atom stereocenters. The molecule has 0 spiro atoms. The van der Waals surface area contributed by atoms with Gasteiger partial charge in [0.2, 0.25) is 0 Å². The second-order valence-corrected chi connectivity index (χ2v) is 5.69. The number of H-pyrrole nitrogens is 1. The lowest BCUT2D eigenvalue weighted by Gasteiger charge is -2.10. The van der Waals surface area contributed by atoms with E-state index in [2.05, 4.69) is 15.5 Å². The highest BCUT2D eigenvalue weighted by atomic mass is 35.5. The van der Waals surface area contributed by atoms with Gasteiger partial charge in [0.05, 0.1) is 21.6 Å². The molecule has 2 heterocycles. The predicted octanol–water partition coefficient (Wildman–Crippen LogP) is 2.14. The van der Waals surface area contributed by atoms with Crippen molar-refractivity contribution in [2.24, 2.45) is 7.05 Å². The van der Waals surface area contributed by atoms with Crippen molar-refractivity contribution in [2.45, 2.75) is 6.92 Å². The van der Waals surface area contributed by atoms with Gasteiger partial charge in [0, 0.05) is 7.05 Å². The number of aryl methyl sites for hydroxylation is 2. The summed E-state index contributed by atoms with van der Waals surface area (Å²) in [7, 11) is 1.59. The Morgan fingerprint density at radius 3 is 2.74 bits per heavy atom. The number of halogens is 1. The summed E-state index contributed by atoms with van der Waals surface area (Å²) in [6.45, 7) is 1.69. The first-order valence-corrected chi connectivity index (χ1v) is 7.43. The highest BCUT2D eigenvalue weighted by molar-refractivity contribution is 7.71. The number of rotatable bonds is 2. The molecule has 9 heteroatoms. The highest BCUT2D eigenvalue weighted by Gasteiger charge is 2.20. The Labute approximate surface area is 140 Å². The van der Waals surface area contributed by atoms with Crippen molar-refractivity contribution in [2.75, 3.05) is 5.43 Å². The maximum Gasteiger partial charge on any atom is 0.290 e. The summed E-state index contributed by atoms with van der Waals surface area (Å²) in [5.41, 5.74) is 3.32. The summed E-state index contributed by atoms with van der Waals surface area (Å²) in [6, 6.07) is 6.90. The lowest BCUT2D eigenvalue weighted by Crippen LogP contribution is -2.35. The number of carbonyl (C=O) groups is 1. The number of hydrogen-bond donors (Lipinski definition) is 2. The third-order valence-corrected chi connectivity index (χ3v) is 4.12. The van der Waals surface area contributed by atoms with Crippen molar-refractivity contribution in [3.05, 3.63) is 55.8 Å². The number of aromatic amines is 1. The largest absolute Gasteiger partial charge is 0.330 e. The minimum absolute atomic E-state index is 0.0806. The third kappa shape index (κ3) is 2.55. The van der Waals surface area contributed by atoms with Crippen molar-refractivity contribution in [3.8, 4) is 0 Å². The SMILES string of the molecule is Cc1nn(C)c(C(=O)Nn2c(=S)[nH]c3ccccc3c2=O)c1Cl. The fourth-order valence-corrected chi connectivity index (χ4v) is 2.78. The minimum Gasteiger partial charge on any atom is -0.330 e. The standard InChI is InChI=1S/C14H12ClN5O2S/c1-7-10(15)11(19(2)17-7)12(21)18-20-13(22)8-5-3-4-6-9(8)16-14(20)23/h3-6H,1-2H3,(H,16,23)(H,18,21). The molecule has 1 aromatic carbocycles. The molecule has 3 rings (SSSR count). The van der Waals surface area contributed by atoms with Gasteiger partial charge >= 0.3 is 0 Å². The normalized spacial score (nSPS) is 10.9. The van der Waals surface area contributed by atoms with E-state index in [0.717, 1.165) is 4.68 Å². The molecule has 118 valence electrons. The van der Waals surface area contributed by atoms with Gasteiger partial charge in [-0.2, -0.15) is 9.77 Å². The van der Waals surface area contributed by atoms with Crippen LogP contribution in [0.5, 0.6) is 0 Å². The number of nitrogens with one attached hydrogen (secondary N) is 2. The molecule has 0 atom stereocenters. The van der Waals surface area contributed by atoms with Crippen molar-refractivity contribution in [3.63, 3.8) is 0 Å². The van der Waals surface area contributed by atoms with Gasteiger partial charge in [0.1, 0.15) is 5.69 Å². The van der Waals surface area contributed by atoms with Crippen LogP contribution in [0.25, 0.3) is 10.9 Å². The van der Waals surface area contributed by atoms with E-state index in [9.17, 15) is 9.59 Å². The topological polar surface area (TPSA) is 84.7 Å². The summed E-state index contributed by atoms with van der Waals surface area (Å²) in [5.74, 6) is -0.574. The first-order chi connectivity index (χ1) is 10.9. The molecule has 2 aromatic heterocycles. The fourth-order valence-electron chi connectivity index (χ4n) is 2.30. The Morgan fingerprint density at radius 1 is 1.39 bits per heavy atom. The number of carbonyl (C=O) groups excluding carboxylic acids is 1. The van der Waals surface area contributed by atoms with Crippen LogP contribution in [0.15, 0.2) is 29.1 Å². The molecule has 0 bridgehead atoms. The number of hydrogen-bond acceptors (Lipinski definition) is 4. The van der Waals surface area contributed by atoms with E-state index in [4.69, 9.17) is 23.8 Å². The van der Waals surface area contributed by atoms with E-state index in [1.807, 2.05) is 0 Å². The van der Waals surface area contributed by atoms with Gasteiger partial charge in [0.25, 0.3) is 11.5 Å². The number of nitrogens with zero attached hydrogens (tertiary/aromatic N) is 3. The van der Waals surface area contributed by atoms with E-state index in [1.165, 1.54) is 4.68 Å². The quantitative estimate of drug-likeness (QED) is 0.694. The van der Waals surface area contributed by atoms with Gasteiger partial charge < -0.3 is 4.98 Å². The van der Waals surface area contributed by atoms with Crippen LogP contribution in [0.3, 0.4) is 0 Å². The van der Waals surface area contributed by atoms with Crippen LogP contribution in [0, 0.1) is 11.7 Å². The molecule has 0 aliphatic heterocycles. The first-order valence-electron chi connectivity index (χ1n) is 6.64. The Kier molecular flexibility index (Phi) is 3.78. The summed E-state index contributed by atoms with van der Waals surface area (Å²) in [6.07, 6.45) is 0. The zero-order valence-corrected chi connectivity index (χ0v) is 13.8. The maximum absolute atomic E-state index is 12.5. The average Bonchev–Trinajstić information content (AvgIpc) is 2.76. The van der Waals surface area contributed by atoms with Crippen LogP contribution >= 0.6 is 23.8 Å². The molecule has 0 radical (unpaired) electrons. The van der Waals surface area contributed by atoms with E-state index in [1.54, 1.807) is 38.2 Å². The first kappa shape index (κ1) is 15.4. The van der Waals surface area contributed by atoms with Crippen molar-refractivity contribution in [1.82, 2.24) is 19.4 Å². The van der Waals surface area contributed by atoms with E-state index < -0.39 is 11.5 Å². The Balaban J connectivity index is 2.10. The van der Waals surface area contributed by atoms with Gasteiger partial charge in [-0.05, 0) is 31.3 Å². The van der Waals surface area contributed by atoms with Crippen LogP contribution in [0.1, 0.15) is 16.2 Å². The van der Waals surface area contributed by atoms with E-state index in [0.29, 0.717) is 16.6 Å². The molecular weight excluding hydrogens is 338 g/mol. The second-order valence-electron chi connectivity index (χ2n) is 4.93. The number of aromatic nitrogens is 4.